The van der Waals surface area contributed by atoms with Crippen LogP contribution in [-0.4, -0.2) is 52.2 Å². The van der Waals surface area contributed by atoms with Gasteiger partial charge in [-0.3, -0.25) is 9.78 Å². The zero-order valence-electron chi connectivity index (χ0n) is 16.5. The van der Waals surface area contributed by atoms with E-state index in [-0.39, 0.29) is 16.8 Å². The molecule has 1 aliphatic rings. The van der Waals surface area contributed by atoms with Gasteiger partial charge in [-0.2, -0.15) is 18.2 Å². The molecule has 1 fully saturated rings. The topological polar surface area (TPSA) is 76.0 Å². The van der Waals surface area contributed by atoms with Gasteiger partial charge in [-0.25, -0.2) is 4.68 Å². The molecule has 1 saturated heterocycles. The molecular formula is C20H20F3N5O2. The zero-order valence-corrected chi connectivity index (χ0v) is 16.5. The highest BCUT2D eigenvalue weighted by Gasteiger charge is 2.33. The van der Waals surface area contributed by atoms with Crippen LogP contribution >= 0.6 is 0 Å². The molecule has 0 amide bonds. The first-order valence-electron chi connectivity index (χ1n) is 9.35. The number of halogens is 3. The number of nitrogens with one attached hydrogen (secondary N) is 1. The largest absolute Gasteiger partial charge is 0.416 e. The minimum absolute atomic E-state index is 0.00328. The molecule has 0 saturated carbocycles. The Morgan fingerprint density at radius 1 is 1.20 bits per heavy atom. The van der Waals surface area contributed by atoms with Crippen LogP contribution in [0.2, 0.25) is 0 Å². The van der Waals surface area contributed by atoms with Crippen molar-refractivity contribution < 1.29 is 17.9 Å². The molecule has 1 N–H and O–H groups in total. The van der Waals surface area contributed by atoms with Gasteiger partial charge in [0.1, 0.15) is 5.39 Å². The Labute approximate surface area is 169 Å². The number of ether oxygens (including phenoxy) is 1. The molecule has 0 radical (unpaired) electrons. The van der Waals surface area contributed by atoms with Gasteiger partial charge < -0.3 is 9.64 Å². The Morgan fingerprint density at radius 3 is 2.43 bits per heavy atom. The lowest BCUT2D eigenvalue weighted by Gasteiger charge is -2.26. The Bertz CT molecular complexity index is 1170. The van der Waals surface area contributed by atoms with E-state index in [1.807, 2.05) is 4.90 Å². The number of alkyl halides is 3. The monoisotopic (exact) mass is 419 g/mol. The van der Waals surface area contributed by atoms with E-state index in [0.717, 1.165) is 0 Å². The van der Waals surface area contributed by atoms with Crippen LogP contribution in [-0.2, 0) is 4.74 Å². The first kappa shape index (κ1) is 20.1. The molecule has 0 atom stereocenters. The molecule has 10 heteroatoms. The third-order valence-corrected chi connectivity index (χ3v) is 5.10. The molecule has 3 aromatic rings. The van der Waals surface area contributed by atoms with Crippen molar-refractivity contribution in [2.75, 3.05) is 31.2 Å². The van der Waals surface area contributed by atoms with Gasteiger partial charge in [0, 0.05) is 19.3 Å². The van der Waals surface area contributed by atoms with Crippen LogP contribution in [0.4, 0.5) is 19.1 Å². The van der Waals surface area contributed by atoms with Crippen molar-refractivity contribution >= 4 is 22.6 Å². The first-order chi connectivity index (χ1) is 14.1. The highest BCUT2D eigenvalue weighted by molar-refractivity contribution is 5.76. The van der Waals surface area contributed by atoms with Crippen molar-refractivity contribution in [3.63, 3.8) is 0 Å². The summed E-state index contributed by atoms with van der Waals surface area (Å²) in [5.74, 6) is 0.423. The average molecular weight is 419 g/mol. The molecule has 7 nitrogen and oxygen atoms in total. The second-order valence-electron chi connectivity index (χ2n) is 7.23. The third-order valence-electron chi connectivity index (χ3n) is 5.10. The predicted octanol–water partition coefficient (Wildman–Crippen LogP) is 3.14. The van der Waals surface area contributed by atoms with E-state index in [0.29, 0.717) is 54.5 Å². The maximum atomic E-state index is 13.0. The Balaban J connectivity index is 1.77. The lowest BCUT2D eigenvalue weighted by atomic mass is 9.99. The van der Waals surface area contributed by atoms with Crippen LogP contribution in [0.5, 0.6) is 0 Å². The van der Waals surface area contributed by atoms with Gasteiger partial charge in [-0.05, 0) is 42.7 Å². The Morgan fingerprint density at radius 2 is 1.83 bits per heavy atom. The fourth-order valence-corrected chi connectivity index (χ4v) is 3.60. The molecule has 1 aromatic carbocycles. The van der Waals surface area contributed by atoms with Gasteiger partial charge in [0.25, 0.3) is 5.56 Å². The van der Waals surface area contributed by atoms with Gasteiger partial charge >= 0.3 is 6.18 Å². The van der Waals surface area contributed by atoms with Crippen LogP contribution in [0, 0.1) is 13.8 Å². The summed E-state index contributed by atoms with van der Waals surface area (Å²) in [6.07, 6.45) is -2.97. The summed E-state index contributed by atoms with van der Waals surface area (Å²) in [6, 6.07) is 2.84. The number of rotatable bonds is 3. The normalized spacial score (nSPS) is 15.0. The average Bonchev–Trinajstić information content (AvgIpc) is 3.11. The molecule has 0 bridgehead atoms. The van der Waals surface area contributed by atoms with E-state index in [9.17, 15) is 18.0 Å². The number of anilines is 1. The number of morpholine rings is 1. The van der Waals surface area contributed by atoms with Crippen LogP contribution < -0.4 is 10.5 Å². The zero-order chi connectivity index (χ0) is 21.6. The molecule has 4 rings (SSSR count). The van der Waals surface area contributed by atoms with Crippen molar-refractivity contribution in [2.24, 2.45) is 0 Å². The van der Waals surface area contributed by atoms with Crippen LogP contribution in [0.15, 0.2) is 29.7 Å². The standard InChI is InChI=1S/C20H20F3N5O2/c1-11-8-14(13(3)20(21,22)23)9-12(2)16(11)28-10-15-17(26-28)24-19(25-18(15)29)27-4-6-30-7-5-27/h8-10H,3-7H2,1-2H3,(H,24,25,26,29). The SMILES string of the molecule is C=C(c1cc(C)c(-n2cc3c(=O)[nH]c(N4CCOCC4)nc3n2)c(C)c1)C(F)(F)F. The van der Waals surface area contributed by atoms with E-state index >= 15 is 0 Å². The summed E-state index contributed by atoms with van der Waals surface area (Å²) in [7, 11) is 0. The number of hydrogen-bond donors (Lipinski definition) is 1. The van der Waals surface area contributed by atoms with Crippen molar-refractivity contribution in [1.29, 1.82) is 0 Å². The molecule has 2 aromatic heterocycles. The van der Waals surface area contributed by atoms with E-state index in [4.69, 9.17) is 4.74 Å². The summed E-state index contributed by atoms with van der Waals surface area (Å²) < 4.78 is 45.9. The predicted molar refractivity (Wildman–Crippen MR) is 107 cm³/mol. The Hall–Kier alpha value is -3.14. The molecule has 30 heavy (non-hydrogen) atoms. The van der Waals surface area contributed by atoms with Crippen molar-refractivity contribution in [3.05, 3.63) is 52.0 Å². The highest BCUT2D eigenvalue weighted by atomic mass is 19.4. The van der Waals surface area contributed by atoms with Gasteiger partial charge in [-0.15, -0.1) is 5.10 Å². The van der Waals surface area contributed by atoms with Crippen molar-refractivity contribution in [3.8, 4) is 5.69 Å². The minimum atomic E-state index is -4.51. The number of aromatic nitrogens is 4. The number of fused-ring (bicyclic) bond motifs is 1. The quantitative estimate of drug-likeness (QED) is 0.706. The van der Waals surface area contributed by atoms with E-state index < -0.39 is 11.7 Å². The summed E-state index contributed by atoms with van der Waals surface area (Å²) in [6.45, 7) is 8.86. The number of aromatic amines is 1. The number of allylic oxidation sites excluding steroid dienone is 1. The lowest BCUT2D eigenvalue weighted by molar-refractivity contribution is -0.0686. The fraction of sp³-hybridized carbons (Fsp3) is 0.350. The highest BCUT2D eigenvalue weighted by Crippen LogP contribution is 2.34. The second-order valence-corrected chi connectivity index (χ2v) is 7.23. The van der Waals surface area contributed by atoms with Gasteiger partial charge in [0.05, 0.1) is 24.5 Å². The van der Waals surface area contributed by atoms with E-state index in [1.54, 1.807) is 13.8 Å². The van der Waals surface area contributed by atoms with Gasteiger partial charge in [0.2, 0.25) is 5.95 Å². The summed E-state index contributed by atoms with van der Waals surface area (Å²) in [5, 5.41) is 4.73. The van der Waals surface area contributed by atoms with E-state index in [1.165, 1.54) is 23.0 Å². The molecule has 3 heterocycles. The maximum absolute atomic E-state index is 13.0. The van der Waals surface area contributed by atoms with Crippen LogP contribution in [0.1, 0.15) is 16.7 Å². The summed E-state index contributed by atoms with van der Waals surface area (Å²) in [5.41, 5.74) is 0.788. The van der Waals surface area contributed by atoms with Gasteiger partial charge in [0.15, 0.2) is 5.65 Å². The van der Waals surface area contributed by atoms with Gasteiger partial charge in [-0.1, -0.05) is 6.58 Å². The molecule has 0 aliphatic carbocycles. The third kappa shape index (κ3) is 3.58. The molecule has 158 valence electrons. The Kier molecular flexibility index (Phi) is 4.89. The number of H-pyrrole nitrogens is 1. The molecule has 0 spiro atoms. The maximum Gasteiger partial charge on any atom is 0.416 e. The second kappa shape index (κ2) is 7.28. The van der Waals surface area contributed by atoms with Crippen molar-refractivity contribution in [1.82, 2.24) is 19.7 Å². The minimum Gasteiger partial charge on any atom is -0.378 e. The number of hydrogen-bond acceptors (Lipinski definition) is 5. The first-order valence-corrected chi connectivity index (χ1v) is 9.35. The molecular weight excluding hydrogens is 399 g/mol. The lowest BCUT2D eigenvalue weighted by Crippen LogP contribution is -2.38. The number of benzene rings is 1. The van der Waals surface area contributed by atoms with Crippen LogP contribution in [0.25, 0.3) is 22.3 Å². The number of aryl methyl sites for hydroxylation is 2. The summed E-state index contributed by atoms with van der Waals surface area (Å²) in [4.78, 5) is 21.7. The molecule has 0 unspecified atom stereocenters. The van der Waals surface area contributed by atoms with E-state index in [2.05, 4.69) is 21.6 Å². The smallest absolute Gasteiger partial charge is 0.378 e. The van der Waals surface area contributed by atoms with Crippen molar-refractivity contribution in [2.45, 2.75) is 20.0 Å². The van der Waals surface area contributed by atoms with Crippen LogP contribution in [0.3, 0.4) is 0 Å². The molecule has 1 aliphatic heterocycles. The summed E-state index contributed by atoms with van der Waals surface area (Å²) >= 11 is 0. The fourth-order valence-electron chi connectivity index (χ4n) is 3.60. The number of nitrogens with zero attached hydrogens (tertiary/aromatic N) is 4.